The van der Waals surface area contributed by atoms with Crippen LogP contribution < -0.4 is 4.74 Å². The van der Waals surface area contributed by atoms with Gasteiger partial charge in [0.1, 0.15) is 36.3 Å². The molecule has 0 bridgehead atoms. The number of nitrogens with zero attached hydrogens (tertiary/aromatic N) is 3. The third kappa shape index (κ3) is 3.27. The van der Waals surface area contributed by atoms with Crippen molar-refractivity contribution in [1.29, 1.82) is 0 Å². The zero-order chi connectivity index (χ0) is 18.9. The summed E-state index contributed by atoms with van der Waals surface area (Å²) in [4.78, 5) is 11.3. The average Bonchev–Trinajstić information content (AvgIpc) is 3.08. The van der Waals surface area contributed by atoms with Crippen LogP contribution in [-0.2, 0) is 11.4 Å². The fraction of sp³-hybridized carbons (Fsp3) is 0.438. The van der Waals surface area contributed by atoms with E-state index in [0.29, 0.717) is 11.4 Å². The Hall–Kier alpha value is -2.53. The summed E-state index contributed by atoms with van der Waals surface area (Å²) in [5.74, 6) is -1.09. The first-order valence-corrected chi connectivity index (χ1v) is 7.91. The lowest BCUT2D eigenvalue weighted by molar-refractivity contribution is -0.210. The normalized spacial score (nSPS) is 31.5. The summed E-state index contributed by atoms with van der Waals surface area (Å²) in [5, 5.41) is 57.3. The highest BCUT2D eigenvalue weighted by atomic mass is 16.5. The lowest BCUT2D eigenvalue weighted by atomic mass is 9.76. The first-order valence-electron chi connectivity index (χ1n) is 7.91. The molecule has 0 amide bonds. The van der Waals surface area contributed by atoms with Crippen LogP contribution in [0.2, 0.25) is 0 Å². The van der Waals surface area contributed by atoms with Gasteiger partial charge in [0, 0.05) is 6.42 Å². The molecule has 1 heterocycles. The van der Waals surface area contributed by atoms with Crippen molar-refractivity contribution in [2.75, 3.05) is 0 Å². The van der Waals surface area contributed by atoms with Gasteiger partial charge in [-0.2, -0.15) is 0 Å². The second kappa shape index (κ2) is 7.00. The highest BCUT2D eigenvalue weighted by molar-refractivity contribution is 5.78. The van der Waals surface area contributed by atoms with Gasteiger partial charge in [-0.05, 0) is 12.1 Å². The lowest BCUT2D eigenvalue weighted by Crippen LogP contribution is -2.63. The Labute approximate surface area is 147 Å². The molecule has 0 aliphatic heterocycles. The predicted molar refractivity (Wildman–Crippen MR) is 85.1 cm³/mol. The van der Waals surface area contributed by atoms with Crippen LogP contribution in [0.5, 0.6) is 5.75 Å². The van der Waals surface area contributed by atoms with E-state index in [4.69, 9.17) is 4.74 Å². The number of hydrogen-bond donors (Lipinski definition) is 5. The first kappa shape index (κ1) is 18.3. The van der Waals surface area contributed by atoms with E-state index in [2.05, 4.69) is 10.3 Å². The Balaban J connectivity index is 1.79. The summed E-state index contributed by atoms with van der Waals surface area (Å²) >= 11 is 0. The van der Waals surface area contributed by atoms with E-state index in [9.17, 15) is 30.3 Å². The molecule has 26 heavy (non-hydrogen) atoms. The fourth-order valence-corrected chi connectivity index (χ4v) is 2.97. The average molecular weight is 365 g/mol. The van der Waals surface area contributed by atoms with Crippen molar-refractivity contribution >= 4 is 5.97 Å². The number of carboxylic acids is 1. The minimum atomic E-state index is -2.62. The Morgan fingerprint density at radius 2 is 1.96 bits per heavy atom. The molecule has 1 aliphatic rings. The smallest absolute Gasteiger partial charge is 0.338 e. The van der Waals surface area contributed by atoms with Gasteiger partial charge in [0.15, 0.2) is 5.60 Å². The van der Waals surface area contributed by atoms with E-state index < -0.39 is 42.3 Å². The molecule has 10 nitrogen and oxygen atoms in total. The summed E-state index contributed by atoms with van der Waals surface area (Å²) in [5.41, 5.74) is -2.26. The Kier molecular flexibility index (Phi) is 4.92. The van der Waals surface area contributed by atoms with Crippen molar-refractivity contribution < 1.29 is 35.1 Å². The molecule has 0 spiro atoms. The van der Waals surface area contributed by atoms with Gasteiger partial charge in [-0.25, -0.2) is 9.48 Å². The van der Waals surface area contributed by atoms with Gasteiger partial charge in [0.2, 0.25) is 0 Å². The highest BCUT2D eigenvalue weighted by Gasteiger charge is 2.57. The molecule has 140 valence electrons. The summed E-state index contributed by atoms with van der Waals surface area (Å²) < 4.78 is 6.54. The third-order valence-corrected chi connectivity index (χ3v) is 4.44. The van der Waals surface area contributed by atoms with Crippen LogP contribution >= 0.6 is 0 Å². The molecule has 1 aromatic heterocycles. The molecule has 10 heteroatoms. The van der Waals surface area contributed by atoms with Crippen LogP contribution in [0.15, 0.2) is 36.5 Å². The van der Waals surface area contributed by atoms with Crippen molar-refractivity contribution in [3.8, 4) is 5.75 Å². The summed E-state index contributed by atoms with van der Waals surface area (Å²) in [6.45, 7) is 0.0503. The minimum Gasteiger partial charge on any atom is -0.487 e. The number of para-hydroxylation sites is 1. The molecule has 1 saturated carbocycles. The quantitative estimate of drug-likeness (QED) is 0.434. The molecular formula is C16H19N3O7. The van der Waals surface area contributed by atoms with E-state index in [1.54, 1.807) is 24.3 Å². The lowest BCUT2D eigenvalue weighted by Gasteiger charge is -2.43. The Morgan fingerprint density at radius 3 is 2.62 bits per heavy atom. The highest BCUT2D eigenvalue weighted by Crippen LogP contribution is 2.36. The number of benzene rings is 1. The predicted octanol–water partition coefficient (Wildman–Crippen LogP) is -1.30. The zero-order valence-corrected chi connectivity index (χ0v) is 13.6. The van der Waals surface area contributed by atoms with Crippen molar-refractivity contribution in [2.24, 2.45) is 0 Å². The monoisotopic (exact) mass is 365 g/mol. The fourth-order valence-electron chi connectivity index (χ4n) is 2.97. The molecule has 0 radical (unpaired) electrons. The van der Waals surface area contributed by atoms with Crippen molar-refractivity contribution in [2.45, 2.75) is 43.0 Å². The van der Waals surface area contributed by atoms with E-state index in [1.165, 1.54) is 6.20 Å². The summed E-state index contributed by atoms with van der Waals surface area (Å²) in [7, 11) is 0. The number of carbonyl (C=O) groups is 1. The van der Waals surface area contributed by atoms with Crippen LogP contribution in [0.3, 0.4) is 0 Å². The van der Waals surface area contributed by atoms with Crippen LogP contribution in [0.4, 0.5) is 0 Å². The number of aliphatic hydroxyl groups is 4. The first-order chi connectivity index (χ1) is 12.3. The summed E-state index contributed by atoms with van der Waals surface area (Å²) in [6, 6.07) is 7.55. The molecular weight excluding hydrogens is 346 g/mol. The molecule has 5 atom stereocenters. The van der Waals surface area contributed by atoms with Gasteiger partial charge in [-0.15, -0.1) is 5.10 Å². The van der Waals surface area contributed by atoms with Crippen LogP contribution in [0.25, 0.3) is 0 Å². The Morgan fingerprint density at radius 1 is 1.27 bits per heavy atom. The number of aliphatic hydroxyl groups excluding tert-OH is 3. The number of aliphatic carboxylic acids is 1. The van der Waals surface area contributed by atoms with Gasteiger partial charge in [0.25, 0.3) is 0 Å². The maximum Gasteiger partial charge on any atom is 0.338 e. The van der Waals surface area contributed by atoms with E-state index in [0.717, 1.165) is 4.68 Å². The Bertz CT molecular complexity index is 768. The van der Waals surface area contributed by atoms with Gasteiger partial charge >= 0.3 is 5.97 Å². The molecule has 2 aromatic rings. The number of ether oxygens (including phenoxy) is 1. The molecule has 1 fully saturated rings. The van der Waals surface area contributed by atoms with Crippen LogP contribution in [-0.4, -0.2) is 70.4 Å². The van der Waals surface area contributed by atoms with Crippen LogP contribution in [0.1, 0.15) is 18.2 Å². The molecule has 1 aliphatic carbocycles. The van der Waals surface area contributed by atoms with E-state index in [-0.39, 0.29) is 6.61 Å². The number of carboxylic acid groups (broad SMARTS) is 1. The molecule has 0 unspecified atom stereocenters. The maximum absolute atomic E-state index is 11.3. The SMILES string of the molecule is O=C(O)[C@]1(O)C[C@@H](O)[C@H](O)[C@@H](n2cc(COc3ccccc3)nn2)[C@@H]1O. The van der Waals surface area contributed by atoms with Gasteiger partial charge < -0.3 is 30.3 Å². The van der Waals surface area contributed by atoms with Crippen LogP contribution in [0, 0.1) is 0 Å². The standard InChI is InChI=1S/C16H19N3O7/c20-11-6-16(25,15(23)24)14(22)12(13(11)21)19-7-9(17-18-19)8-26-10-4-2-1-3-5-10/h1-5,7,11-14,20-22,25H,6,8H2,(H,23,24)/t11-,12-,13+,14+,16+/m1/s1. The minimum absolute atomic E-state index is 0.0503. The van der Waals surface area contributed by atoms with E-state index >= 15 is 0 Å². The summed E-state index contributed by atoms with van der Waals surface area (Å²) in [6.07, 6.45) is -4.35. The molecule has 1 aromatic carbocycles. The van der Waals surface area contributed by atoms with E-state index in [1.807, 2.05) is 6.07 Å². The second-order valence-electron chi connectivity index (χ2n) is 6.22. The van der Waals surface area contributed by atoms with Gasteiger partial charge in [0.05, 0.1) is 12.3 Å². The number of rotatable bonds is 5. The number of hydrogen-bond acceptors (Lipinski definition) is 8. The second-order valence-corrected chi connectivity index (χ2v) is 6.22. The zero-order valence-electron chi connectivity index (χ0n) is 13.6. The largest absolute Gasteiger partial charge is 0.487 e. The number of aromatic nitrogens is 3. The van der Waals surface area contributed by atoms with Gasteiger partial charge in [-0.3, -0.25) is 0 Å². The molecule has 5 N–H and O–H groups in total. The molecule has 3 rings (SSSR count). The van der Waals surface area contributed by atoms with Crippen molar-refractivity contribution in [3.63, 3.8) is 0 Å². The topological polar surface area (TPSA) is 158 Å². The van der Waals surface area contributed by atoms with Crippen molar-refractivity contribution in [1.82, 2.24) is 15.0 Å². The van der Waals surface area contributed by atoms with Crippen molar-refractivity contribution in [3.05, 3.63) is 42.2 Å². The molecule has 0 saturated heterocycles. The third-order valence-electron chi connectivity index (χ3n) is 4.44. The van der Waals surface area contributed by atoms with Gasteiger partial charge in [-0.1, -0.05) is 23.4 Å². The maximum atomic E-state index is 11.3.